The van der Waals surface area contributed by atoms with Crippen LogP contribution in [0.5, 0.6) is 0 Å². The summed E-state index contributed by atoms with van der Waals surface area (Å²) >= 11 is 0. The van der Waals surface area contributed by atoms with Crippen LogP contribution in [0.1, 0.15) is 26.7 Å². The summed E-state index contributed by atoms with van der Waals surface area (Å²) in [5.74, 6) is -0.975. The van der Waals surface area contributed by atoms with Crippen LogP contribution in [-0.2, 0) is 9.59 Å². The fourth-order valence-electron chi connectivity index (χ4n) is 1.77. The van der Waals surface area contributed by atoms with Crippen LogP contribution in [-0.4, -0.2) is 47.1 Å². The van der Waals surface area contributed by atoms with E-state index in [-0.39, 0.29) is 30.8 Å². The van der Waals surface area contributed by atoms with Crippen molar-refractivity contribution in [3.8, 4) is 0 Å². The molecule has 5 heteroatoms. The lowest BCUT2D eigenvalue weighted by atomic mass is 10.1. The van der Waals surface area contributed by atoms with Gasteiger partial charge in [0.05, 0.1) is 6.42 Å². The molecule has 5 nitrogen and oxygen atoms in total. The largest absolute Gasteiger partial charge is 0.481 e. The first-order valence-electron chi connectivity index (χ1n) is 5.27. The summed E-state index contributed by atoms with van der Waals surface area (Å²) in [5.41, 5.74) is 0. The number of piperazine rings is 1. The average Bonchev–Trinajstić information content (AvgIpc) is 2.18. The number of carbonyl (C=O) groups excluding carboxylic acids is 1. The lowest BCUT2D eigenvalue weighted by Crippen LogP contribution is -2.57. The van der Waals surface area contributed by atoms with E-state index in [4.69, 9.17) is 5.11 Å². The van der Waals surface area contributed by atoms with Gasteiger partial charge in [0.25, 0.3) is 0 Å². The first-order chi connectivity index (χ1) is 7.02. The maximum absolute atomic E-state index is 11.7. The zero-order chi connectivity index (χ0) is 11.4. The Bertz CT molecular complexity index is 255. The first-order valence-corrected chi connectivity index (χ1v) is 5.27. The molecule has 2 atom stereocenters. The van der Waals surface area contributed by atoms with Gasteiger partial charge >= 0.3 is 5.97 Å². The van der Waals surface area contributed by atoms with Gasteiger partial charge in [-0.1, -0.05) is 0 Å². The van der Waals surface area contributed by atoms with Crippen molar-refractivity contribution in [3.63, 3.8) is 0 Å². The molecule has 0 aromatic rings. The Hall–Kier alpha value is -1.10. The third-order valence-electron chi connectivity index (χ3n) is 2.91. The van der Waals surface area contributed by atoms with Gasteiger partial charge in [-0.2, -0.15) is 0 Å². The van der Waals surface area contributed by atoms with Crippen molar-refractivity contribution < 1.29 is 14.7 Å². The highest BCUT2D eigenvalue weighted by Crippen LogP contribution is 2.11. The Morgan fingerprint density at radius 1 is 1.40 bits per heavy atom. The predicted molar refractivity (Wildman–Crippen MR) is 55.5 cm³/mol. The van der Waals surface area contributed by atoms with Gasteiger partial charge in [0.15, 0.2) is 0 Å². The molecule has 2 N–H and O–H groups in total. The number of nitrogens with zero attached hydrogens (tertiary/aromatic N) is 1. The van der Waals surface area contributed by atoms with Gasteiger partial charge in [-0.05, 0) is 13.8 Å². The Balaban J connectivity index is 2.47. The number of hydrogen-bond donors (Lipinski definition) is 2. The molecule has 1 aliphatic rings. The molecule has 0 saturated carbocycles. The van der Waals surface area contributed by atoms with Crippen molar-refractivity contribution in [2.75, 3.05) is 13.1 Å². The monoisotopic (exact) mass is 214 g/mol. The van der Waals surface area contributed by atoms with Crippen LogP contribution in [0.4, 0.5) is 0 Å². The summed E-state index contributed by atoms with van der Waals surface area (Å²) in [6.45, 7) is 5.46. The molecule has 0 bridgehead atoms. The van der Waals surface area contributed by atoms with E-state index >= 15 is 0 Å². The van der Waals surface area contributed by atoms with Crippen molar-refractivity contribution in [2.24, 2.45) is 0 Å². The normalized spacial score (nSPS) is 26.4. The van der Waals surface area contributed by atoms with Gasteiger partial charge in [-0.15, -0.1) is 0 Å². The van der Waals surface area contributed by atoms with Gasteiger partial charge in [-0.25, -0.2) is 0 Å². The van der Waals surface area contributed by atoms with Crippen LogP contribution in [0.15, 0.2) is 0 Å². The highest BCUT2D eigenvalue weighted by Gasteiger charge is 2.27. The fraction of sp³-hybridized carbons (Fsp3) is 0.800. The van der Waals surface area contributed by atoms with Crippen molar-refractivity contribution in [2.45, 2.75) is 38.8 Å². The first kappa shape index (κ1) is 12.0. The minimum atomic E-state index is -0.917. The topological polar surface area (TPSA) is 69.6 Å². The van der Waals surface area contributed by atoms with E-state index in [1.807, 2.05) is 13.8 Å². The van der Waals surface area contributed by atoms with Crippen LogP contribution < -0.4 is 5.32 Å². The average molecular weight is 214 g/mol. The van der Waals surface area contributed by atoms with Crippen molar-refractivity contribution in [1.29, 1.82) is 0 Å². The number of hydrogen-bond acceptors (Lipinski definition) is 3. The molecule has 15 heavy (non-hydrogen) atoms. The number of carboxylic acid groups (broad SMARTS) is 1. The summed E-state index contributed by atoms with van der Waals surface area (Å²) < 4.78 is 0. The van der Waals surface area contributed by atoms with Crippen LogP contribution in [0, 0.1) is 0 Å². The van der Waals surface area contributed by atoms with E-state index in [2.05, 4.69) is 5.32 Å². The van der Waals surface area contributed by atoms with Crippen molar-refractivity contribution in [1.82, 2.24) is 10.2 Å². The highest BCUT2D eigenvalue weighted by molar-refractivity contribution is 5.81. The van der Waals surface area contributed by atoms with E-state index in [9.17, 15) is 9.59 Å². The quantitative estimate of drug-likeness (QED) is 0.697. The minimum absolute atomic E-state index is 0.0572. The van der Waals surface area contributed by atoms with Gasteiger partial charge in [0, 0.05) is 31.6 Å². The Kier molecular flexibility index (Phi) is 4.08. The van der Waals surface area contributed by atoms with E-state index in [1.54, 1.807) is 4.90 Å². The molecule has 1 heterocycles. The van der Waals surface area contributed by atoms with Crippen LogP contribution >= 0.6 is 0 Å². The Labute approximate surface area is 89.4 Å². The lowest BCUT2D eigenvalue weighted by Gasteiger charge is -2.38. The maximum Gasteiger partial charge on any atom is 0.303 e. The highest BCUT2D eigenvalue weighted by atomic mass is 16.4. The summed E-state index contributed by atoms with van der Waals surface area (Å²) in [6, 6.07) is 0.410. The van der Waals surface area contributed by atoms with E-state index in [0.29, 0.717) is 6.54 Å². The Morgan fingerprint density at radius 2 is 2.07 bits per heavy atom. The molecule has 0 aromatic heterocycles. The van der Waals surface area contributed by atoms with Crippen LogP contribution in [0.3, 0.4) is 0 Å². The van der Waals surface area contributed by atoms with Gasteiger partial charge in [-0.3, -0.25) is 9.59 Å². The smallest absolute Gasteiger partial charge is 0.303 e. The standard InChI is InChI=1S/C10H18N2O3/c1-7-8(2)12(6-5-11-7)9(13)3-4-10(14)15/h7-8,11H,3-6H2,1-2H3,(H,14,15). The molecule has 0 aliphatic carbocycles. The molecule has 1 aliphatic heterocycles. The number of carboxylic acids is 1. The molecule has 0 radical (unpaired) electrons. The summed E-state index contributed by atoms with van der Waals surface area (Å²) in [7, 11) is 0. The zero-order valence-electron chi connectivity index (χ0n) is 9.19. The van der Waals surface area contributed by atoms with Gasteiger partial charge in [0.2, 0.25) is 5.91 Å². The minimum Gasteiger partial charge on any atom is -0.481 e. The van der Waals surface area contributed by atoms with E-state index < -0.39 is 5.97 Å². The molecule has 0 spiro atoms. The van der Waals surface area contributed by atoms with Crippen molar-refractivity contribution in [3.05, 3.63) is 0 Å². The van der Waals surface area contributed by atoms with Crippen LogP contribution in [0.25, 0.3) is 0 Å². The lowest BCUT2D eigenvalue weighted by molar-refractivity contribution is -0.142. The third kappa shape index (κ3) is 3.20. The molecule has 2 unspecified atom stereocenters. The molecule has 1 saturated heterocycles. The molecule has 0 aromatic carbocycles. The van der Waals surface area contributed by atoms with Crippen molar-refractivity contribution >= 4 is 11.9 Å². The SMILES string of the molecule is CC1NCCN(C(=O)CCC(=O)O)C1C. The summed E-state index contributed by atoms with van der Waals surface area (Å²) in [5, 5.41) is 11.8. The Morgan fingerprint density at radius 3 is 2.67 bits per heavy atom. The third-order valence-corrected chi connectivity index (χ3v) is 2.91. The molecular formula is C10H18N2O3. The molecule has 1 amide bonds. The second-order valence-electron chi connectivity index (χ2n) is 3.96. The number of amides is 1. The van der Waals surface area contributed by atoms with Gasteiger partial charge < -0.3 is 15.3 Å². The van der Waals surface area contributed by atoms with E-state index in [0.717, 1.165) is 6.54 Å². The summed E-state index contributed by atoms with van der Waals surface area (Å²) in [4.78, 5) is 23.8. The van der Waals surface area contributed by atoms with Crippen LogP contribution in [0.2, 0.25) is 0 Å². The summed E-state index contributed by atoms with van der Waals surface area (Å²) in [6.07, 6.45) is 0.0241. The molecule has 1 fully saturated rings. The van der Waals surface area contributed by atoms with E-state index in [1.165, 1.54) is 0 Å². The number of carbonyl (C=O) groups is 2. The fourth-order valence-corrected chi connectivity index (χ4v) is 1.77. The maximum atomic E-state index is 11.7. The van der Waals surface area contributed by atoms with Gasteiger partial charge in [0.1, 0.15) is 0 Å². The second kappa shape index (κ2) is 5.11. The molecule has 1 rings (SSSR count). The number of aliphatic carboxylic acids is 1. The second-order valence-corrected chi connectivity index (χ2v) is 3.96. The predicted octanol–water partition coefficient (Wildman–Crippen LogP) is 0.0600. The number of nitrogens with one attached hydrogen (secondary N) is 1. The molecule has 86 valence electrons. The number of rotatable bonds is 3. The molecular weight excluding hydrogens is 196 g/mol. The zero-order valence-corrected chi connectivity index (χ0v) is 9.19.